The van der Waals surface area contributed by atoms with Crippen LogP contribution in [-0.2, 0) is 6.54 Å². The summed E-state index contributed by atoms with van der Waals surface area (Å²) in [5, 5.41) is 14.5. The summed E-state index contributed by atoms with van der Waals surface area (Å²) < 4.78 is 0. The number of pyridine rings is 1. The van der Waals surface area contributed by atoms with Crippen molar-refractivity contribution in [3.63, 3.8) is 0 Å². The number of rotatable bonds is 7. The van der Waals surface area contributed by atoms with Crippen molar-refractivity contribution < 1.29 is 5.11 Å². The number of aromatic nitrogens is 1. The molecule has 2 N–H and O–H groups in total. The molecule has 20 heavy (non-hydrogen) atoms. The Morgan fingerprint density at radius 1 is 1.10 bits per heavy atom. The molecule has 2 aromatic rings. The second kappa shape index (κ2) is 7.36. The third-order valence-corrected chi connectivity index (χ3v) is 3.91. The average molecular weight is 272 g/mol. The zero-order chi connectivity index (χ0) is 14.4. The lowest BCUT2D eigenvalue weighted by molar-refractivity contribution is 0.101. The highest BCUT2D eigenvalue weighted by molar-refractivity contribution is 5.78. The Morgan fingerprint density at radius 2 is 1.85 bits per heavy atom. The predicted octanol–water partition coefficient (Wildman–Crippen LogP) is 3.12. The average Bonchev–Trinajstić information content (AvgIpc) is 2.48. The molecule has 0 saturated heterocycles. The van der Waals surface area contributed by atoms with Gasteiger partial charge in [0.1, 0.15) is 0 Å². The first-order valence-electron chi connectivity index (χ1n) is 7.48. The number of hydrogen-bond acceptors (Lipinski definition) is 3. The summed E-state index contributed by atoms with van der Waals surface area (Å²) in [5.74, 6) is 0.382. The first kappa shape index (κ1) is 14.9. The molecule has 3 heteroatoms. The highest BCUT2D eigenvalue weighted by atomic mass is 16.3. The van der Waals surface area contributed by atoms with Gasteiger partial charge in [0.05, 0.1) is 17.3 Å². The van der Waals surface area contributed by atoms with Crippen molar-refractivity contribution >= 4 is 10.9 Å². The van der Waals surface area contributed by atoms with Gasteiger partial charge in [0.25, 0.3) is 0 Å². The molecule has 108 valence electrons. The Hall–Kier alpha value is -1.45. The predicted molar refractivity (Wildman–Crippen MR) is 83.5 cm³/mol. The van der Waals surface area contributed by atoms with Crippen LogP contribution in [0.15, 0.2) is 36.4 Å². The zero-order valence-electron chi connectivity index (χ0n) is 12.3. The number of hydrogen-bond donors (Lipinski definition) is 2. The normalized spacial score (nSPS) is 13.0. The Morgan fingerprint density at radius 3 is 2.60 bits per heavy atom. The minimum atomic E-state index is -0.273. The van der Waals surface area contributed by atoms with E-state index in [1.54, 1.807) is 0 Å². The first-order chi connectivity index (χ1) is 9.74. The van der Waals surface area contributed by atoms with E-state index in [9.17, 15) is 5.11 Å². The van der Waals surface area contributed by atoms with Crippen molar-refractivity contribution in [3.05, 3.63) is 42.1 Å². The molecule has 1 aromatic carbocycles. The van der Waals surface area contributed by atoms with Gasteiger partial charge < -0.3 is 10.4 Å². The molecule has 0 amide bonds. The van der Waals surface area contributed by atoms with Crippen LogP contribution in [-0.4, -0.2) is 22.7 Å². The molecule has 0 saturated carbocycles. The third-order valence-electron chi connectivity index (χ3n) is 3.91. The molecule has 0 aliphatic heterocycles. The van der Waals surface area contributed by atoms with Crippen LogP contribution < -0.4 is 5.32 Å². The van der Waals surface area contributed by atoms with E-state index in [1.165, 1.54) is 0 Å². The van der Waals surface area contributed by atoms with E-state index < -0.39 is 0 Å². The first-order valence-corrected chi connectivity index (χ1v) is 7.48. The highest BCUT2D eigenvalue weighted by Crippen LogP contribution is 2.13. The Balaban J connectivity index is 1.89. The summed E-state index contributed by atoms with van der Waals surface area (Å²) in [6, 6.07) is 12.3. The topological polar surface area (TPSA) is 45.1 Å². The number of nitrogens with zero attached hydrogens (tertiary/aromatic N) is 1. The van der Waals surface area contributed by atoms with E-state index in [2.05, 4.69) is 36.3 Å². The number of aliphatic hydroxyl groups is 1. The van der Waals surface area contributed by atoms with Gasteiger partial charge in [0, 0.05) is 18.5 Å². The quantitative estimate of drug-likeness (QED) is 0.814. The molecule has 0 radical (unpaired) electrons. The highest BCUT2D eigenvalue weighted by Gasteiger charge is 2.14. The molecule has 2 rings (SSSR count). The summed E-state index contributed by atoms with van der Waals surface area (Å²) in [6.07, 6.45) is 1.77. The molecule has 1 unspecified atom stereocenters. The molecule has 0 bridgehead atoms. The minimum Gasteiger partial charge on any atom is -0.392 e. The van der Waals surface area contributed by atoms with Gasteiger partial charge in [-0.15, -0.1) is 0 Å². The third kappa shape index (κ3) is 3.78. The minimum absolute atomic E-state index is 0.273. The fraction of sp³-hybridized carbons (Fsp3) is 0.471. The van der Waals surface area contributed by atoms with E-state index >= 15 is 0 Å². The van der Waals surface area contributed by atoms with Crippen molar-refractivity contribution in [2.24, 2.45) is 5.92 Å². The molecule has 1 atom stereocenters. The van der Waals surface area contributed by atoms with E-state index in [0.717, 1.165) is 29.4 Å². The van der Waals surface area contributed by atoms with Crippen LogP contribution in [0.5, 0.6) is 0 Å². The van der Waals surface area contributed by atoms with Crippen LogP contribution in [0, 0.1) is 5.92 Å². The number of para-hydroxylation sites is 1. The number of benzene rings is 1. The maximum atomic E-state index is 10.1. The lowest BCUT2D eigenvalue weighted by atomic mass is 9.96. The van der Waals surface area contributed by atoms with Crippen LogP contribution >= 0.6 is 0 Å². The molecule has 0 spiro atoms. The maximum absolute atomic E-state index is 10.1. The van der Waals surface area contributed by atoms with E-state index in [4.69, 9.17) is 0 Å². The lowest BCUT2D eigenvalue weighted by Crippen LogP contribution is -2.32. The summed E-state index contributed by atoms with van der Waals surface area (Å²) in [5.41, 5.74) is 2.03. The van der Waals surface area contributed by atoms with Crippen molar-refractivity contribution in [2.75, 3.05) is 6.54 Å². The molecule has 0 fully saturated rings. The summed E-state index contributed by atoms with van der Waals surface area (Å²) >= 11 is 0. The van der Waals surface area contributed by atoms with E-state index in [0.29, 0.717) is 19.0 Å². The van der Waals surface area contributed by atoms with Crippen LogP contribution in [0.3, 0.4) is 0 Å². The standard InChI is InChI=1S/C17H24N2O/c1-3-13(4-2)17(20)12-18-11-15-10-9-14-7-5-6-8-16(14)19-15/h5-10,13,17-18,20H,3-4,11-12H2,1-2H3. The SMILES string of the molecule is CCC(CC)C(O)CNCc1ccc2ccccc2n1. The van der Waals surface area contributed by atoms with Crippen LogP contribution in [0.25, 0.3) is 10.9 Å². The fourth-order valence-electron chi connectivity index (χ4n) is 2.55. The molecular weight excluding hydrogens is 248 g/mol. The van der Waals surface area contributed by atoms with Crippen molar-refractivity contribution in [2.45, 2.75) is 39.3 Å². The second-order valence-corrected chi connectivity index (χ2v) is 5.27. The van der Waals surface area contributed by atoms with Gasteiger partial charge in [0.2, 0.25) is 0 Å². The molecule has 0 aliphatic carbocycles. The van der Waals surface area contributed by atoms with Gasteiger partial charge in [-0.25, -0.2) is 0 Å². The van der Waals surface area contributed by atoms with Gasteiger partial charge in [0.15, 0.2) is 0 Å². The summed E-state index contributed by atoms with van der Waals surface area (Å²) in [4.78, 5) is 4.61. The number of aliphatic hydroxyl groups excluding tert-OH is 1. The van der Waals surface area contributed by atoms with Gasteiger partial charge in [-0.05, 0) is 18.1 Å². The lowest BCUT2D eigenvalue weighted by Gasteiger charge is -2.20. The zero-order valence-corrected chi connectivity index (χ0v) is 12.3. The second-order valence-electron chi connectivity index (χ2n) is 5.27. The van der Waals surface area contributed by atoms with Crippen molar-refractivity contribution in [1.82, 2.24) is 10.3 Å². The largest absolute Gasteiger partial charge is 0.392 e. The molecule has 1 heterocycles. The maximum Gasteiger partial charge on any atom is 0.0705 e. The number of fused-ring (bicyclic) bond motifs is 1. The molecule has 3 nitrogen and oxygen atoms in total. The molecular formula is C17H24N2O. The summed E-state index contributed by atoms with van der Waals surface area (Å²) in [7, 11) is 0. The van der Waals surface area contributed by atoms with Gasteiger partial charge in [-0.1, -0.05) is 51.0 Å². The van der Waals surface area contributed by atoms with Crippen LogP contribution in [0.2, 0.25) is 0 Å². The van der Waals surface area contributed by atoms with Crippen LogP contribution in [0.4, 0.5) is 0 Å². The van der Waals surface area contributed by atoms with Gasteiger partial charge >= 0.3 is 0 Å². The van der Waals surface area contributed by atoms with E-state index in [-0.39, 0.29) is 6.10 Å². The Kier molecular flexibility index (Phi) is 5.50. The van der Waals surface area contributed by atoms with Gasteiger partial charge in [-0.2, -0.15) is 0 Å². The van der Waals surface area contributed by atoms with Gasteiger partial charge in [-0.3, -0.25) is 4.98 Å². The monoisotopic (exact) mass is 272 g/mol. The van der Waals surface area contributed by atoms with Crippen molar-refractivity contribution in [1.29, 1.82) is 0 Å². The fourth-order valence-corrected chi connectivity index (χ4v) is 2.55. The number of nitrogens with one attached hydrogen (secondary N) is 1. The van der Waals surface area contributed by atoms with E-state index in [1.807, 2.05) is 24.3 Å². The van der Waals surface area contributed by atoms with Crippen LogP contribution in [0.1, 0.15) is 32.4 Å². The Bertz CT molecular complexity index is 537. The summed E-state index contributed by atoms with van der Waals surface area (Å²) in [6.45, 7) is 5.58. The Labute approximate surface area is 121 Å². The molecule has 1 aromatic heterocycles. The van der Waals surface area contributed by atoms with Crippen molar-refractivity contribution in [3.8, 4) is 0 Å². The molecule has 0 aliphatic rings. The smallest absolute Gasteiger partial charge is 0.0705 e.